The molecule has 3 aromatic rings. The van der Waals surface area contributed by atoms with Crippen LogP contribution in [0.4, 0.5) is 10.5 Å². The lowest BCUT2D eigenvalue weighted by Gasteiger charge is -2.23. The van der Waals surface area contributed by atoms with Gasteiger partial charge in [0.1, 0.15) is 0 Å². The number of halogens is 1. The van der Waals surface area contributed by atoms with Gasteiger partial charge in [0.15, 0.2) is 0 Å². The van der Waals surface area contributed by atoms with Crippen LogP contribution in [0.2, 0.25) is 0 Å². The number of anilines is 1. The summed E-state index contributed by atoms with van der Waals surface area (Å²) in [6.45, 7) is 1.14. The number of carbonyl (C=O) groups is 1. The lowest BCUT2D eigenvalue weighted by Crippen LogP contribution is -2.36. The van der Waals surface area contributed by atoms with Crippen LogP contribution in [0.1, 0.15) is 11.3 Å². The van der Waals surface area contributed by atoms with Crippen LogP contribution in [-0.2, 0) is 13.0 Å². The number of urea groups is 1. The summed E-state index contributed by atoms with van der Waals surface area (Å²) in [7, 11) is 0. The van der Waals surface area contributed by atoms with Crippen molar-refractivity contribution in [2.45, 2.75) is 13.0 Å². The molecule has 0 aliphatic carbocycles. The van der Waals surface area contributed by atoms with Crippen molar-refractivity contribution in [2.24, 2.45) is 0 Å². The number of nitrogens with zero attached hydrogens (tertiary/aromatic N) is 2. The zero-order valence-electron chi connectivity index (χ0n) is 14.3. The Bertz CT molecular complexity index is 840. The first-order valence-corrected chi connectivity index (χ1v) is 9.25. The quantitative estimate of drug-likeness (QED) is 0.613. The molecule has 0 fully saturated rings. The zero-order chi connectivity index (χ0) is 18.2. The number of benzene rings is 2. The molecule has 0 unspecified atom stereocenters. The van der Waals surface area contributed by atoms with E-state index in [1.165, 1.54) is 0 Å². The Morgan fingerprint density at radius 1 is 1.00 bits per heavy atom. The number of hydrogen-bond donors (Lipinski definition) is 1. The molecule has 0 bridgehead atoms. The van der Waals surface area contributed by atoms with Crippen LogP contribution in [0.5, 0.6) is 0 Å². The molecule has 0 saturated heterocycles. The third-order valence-corrected chi connectivity index (χ3v) is 4.44. The highest BCUT2D eigenvalue weighted by molar-refractivity contribution is 9.10. The molecule has 0 aliphatic heterocycles. The number of rotatable bonds is 6. The number of pyridine rings is 1. The first kappa shape index (κ1) is 18.1. The lowest BCUT2D eigenvalue weighted by molar-refractivity contribution is 0.209. The second-order valence-electron chi connectivity index (χ2n) is 5.92. The monoisotopic (exact) mass is 409 g/mol. The minimum Gasteiger partial charge on any atom is -0.320 e. The summed E-state index contributed by atoms with van der Waals surface area (Å²) >= 11 is 3.43. The van der Waals surface area contributed by atoms with Crippen molar-refractivity contribution in [2.75, 3.05) is 11.9 Å². The largest absolute Gasteiger partial charge is 0.322 e. The highest BCUT2D eigenvalue weighted by atomic mass is 79.9. The minimum atomic E-state index is -0.122. The second-order valence-corrected chi connectivity index (χ2v) is 6.83. The maximum absolute atomic E-state index is 12.8. The third kappa shape index (κ3) is 5.43. The Labute approximate surface area is 162 Å². The fourth-order valence-electron chi connectivity index (χ4n) is 2.62. The van der Waals surface area contributed by atoms with Gasteiger partial charge in [0.2, 0.25) is 0 Å². The summed E-state index contributed by atoms with van der Waals surface area (Å²) < 4.78 is 0.929. The van der Waals surface area contributed by atoms with Crippen LogP contribution >= 0.6 is 15.9 Å². The van der Waals surface area contributed by atoms with Gasteiger partial charge in [-0.25, -0.2) is 4.79 Å². The molecule has 0 atom stereocenters. The average Bonchev–Trinajstić information content (AvgIpc) is 2.66. The molecule has 5 heteroatoms. The van der Waals surface area contributed by atoms with Gasteiger partial charge in [-0.2, -0.15) is 0 Å². The lowest BCUT2D eigenvalue weighted by atomic mass is 10.2. The Balaban J connectivity index is 1.71. The van der Waals surface area contributed by atoms with Crippen LogP contribution in [0.25, 0.3) is 0 Å². The predicted octanol–water partition coefficient (Wildman–Crippen LogP) is 5.12. The smallest absolute Gasteiger partial charge is 0.320 e. The van der Waals surface area contributed by atoms with Crippen LogP contribution < -0.4 is 5.32 Å². The van der Waals surface area contributed by atoms with E-state index in [1.807, 2.05) is 77.7 Å². The molecule has 0 radical (unpaired) electrons. The topological polar surface area (TPSA) is 45.2 Å². The SMILES string of the molecule is O=C(Nc1cccc(Br)c1)N(CCc1ccccn1)Cc1ccccc1. The van der Waals surface area contributed by atoms with Gasteiger partial charge >= 0.3 is 6.03 Å². The van der Waals surface area contributed by atoms with Gasteiger partial charge in [0.05, 0.1) is 0 Å². The molecule has 1 N–H and O–H groups in total. The molecule has 26 heavy (non-hydrogen) atoms. The Morgan fingerprint density at radius 3 is 2.54 bits per heavy atom. The number of aromatic nitrogens is 1. The second kappa shape index (κ2) is 9.15. The molecule has 0 saturated carbocycles. The Hall–Kier alpha value is -2.66. The summed E-state index contributed by atoms with van der Waals surface area (Å²) in [5.41, 5.74) is 2.83. The van der Waals surface area contributed by atoms with E-state index in [4.69, 9.17) is 0 Å². The molecule has 2 amide bonds. The van der Waals surface area contributed by atoms with Crippen molar-refractivity contribution < 1.29 is 4.79 Å². The standard InChI is InChI=1S/C21H20BrN3O/c22-18-9-6-11-20(15-18)24-21(26)25(16-17-7-2-1-3-8-17)14-12-19-10-4-5-13-23-19/h1-11,13,15H,12,14,16H2,(H,24,26). The maximum atomic E-state index is 12.8. The summed E-state index contributed by atoms with van der Waals surface area (Å²) in [5.74, 6) is 0. The van der Waals surface area contributed by atoms with Crippen molar-refractivity contribution in [1.29, 1.82) is 0 Å². The molecule has 132 valence electrons. The molecule has 4 nitrogen and oxygen atoms in total. The summed E-state index contributed by atoms with van der Waals surface area (Å²) in [5, 5.41) is 2.98. The molecule has 2 aromatic carbocycles. The van der Waals surface area contributed by atoms with E-state index in [2.05, 4.69) is 26.2 Å². The molecule has 1 aromatic heterocycles. The normalized spacial score (nSPS) is 10.3. The van der Waals surface area contributed by atoms with Gasteiger partial charge in [0, 0.05) is 41.6 Å². The van der Waals surface area contributed by atoms with E-state index in [1.54, 1.807) is 6.20 Å². The van der Waals surface area contributed by atoms with Crippen molar-refractivity contribution in [3.8, 4) is 0 Å². The highest BCUT2D eigenvalue weighted by Crippen LogP contribution is 2.17. The minimum absolute atomic E-state index is 0.122. The van der Waals surface area contributed by atoms with E-state index in [0.717, 1.165) is 21.4 Å². The van der Waals surface area contributed by atoms with Gasteiger partial charge in [-0.05, 0) is 35.9 Å². The molecule has 3 rings (SSSR count). The zero-order valence-corrected chi connectivity index (χ0v) is 15.9. The van der Waals surface area contributed by atoms with Gasteiger partial charge in [-0.1, -0.05) is 58.4 Å². The number of nitrogens with one attached hydrogen (secondary N) is 1. The predicted molar refractivity (Wildman–Crippen MR) is 108 cm³/mol. The van der Waals surface area contributed by atoms with Gasteiger partial charge < -0.3 is 10.2 Å². The van der Waals surface area contributed by atoms with E-state index in [9.17, 15) is 4.79 Å². The van der Waals surface area contributed by atoms with Crippen LogP contribution in [0.3, 0.4) is 0 Å². The van der Waals surface area contributed by atoms with Crippen molar-refractivity contribution in [3.05, 3.63) is 94.7 Å². The van der Waals surface area contributed by atoms with Gasteiger partial charge in [-0.3, -0.25) is 4.98 Å². The number of hydrogen-bond acceptors (Lipinski definition) is 2. The van der Waals surface area contributed by atoms with E-state index in [-0.39, 0.29) is 6.03 Å². The van der Waals surface area contributed by atoms with Crippen molar-refractivity contribution >= 4 is 27.6 Å². The molecule has 1 heterocycles. The van der Waals surface area contributed by atoms with E-state index in [0.29, 0.717) is 19.5 Å². The first-order valence-electron chi connectivity index (χ1n) is 8.46. The van der Waals surface area contributed by atoms with Gasteiger partial charge in [-0.15, -0.1) is 0 Å². The molecule has 0 aliphatic rings. The highest BCUT2D eigenvalue weighted by Gasteiger charge is 2.14. The molecular formula is C21H20BrN3O. The summed E-state index contributed by atoms with van der Waals surface area (Å²) in [4.78, 5) is 19.0. The molecule has 0 spiro atoms. The Kier molecular flexibility index (Phi) is 6.39. The summed E-state index contributed by atoms with van der Waals surface area (Å²) in [6.07, 6.45) is 2.48. The van der Waals surface area contributed by atoms with E-state index < -0.39 is 0 Å². The maximum Gasteiger partial charge on any atom is 0.322 e. The first-order chi connectivity index (χ1) is 12.7. The van der Waals surface area contributed by atoms with Crippen LogP contribution in [-0.4, -0.2) is 22.5 Å². The van der Waals surface area contributed by atoms with Gasteiger partial charge in [0.25, 0.3) is 0 Å². The summed E-state index contributed by atoms with van der Waals surface area (Å²) in [6, 6.07) is 23.3. The molecular weight excluding hydrogens is 390 g/mol. The number of amides is 2. The fraction of sp³-hybridized carbons (Fsp3) is 0.143. The van der Waals surface area contributed by atoms with Crippen LogP contribution in [0, 0.1) is 0 Å². The fourth-order valence-corrected chi connectivity index (χ4v) is 3.02. The van der Waals surface area contributed by atoms with Crippen LogP contribution in [0.15, 0.2) is 83.5 Å². The van der Waals surface area contributed by atoms with Crippen molar-refractivity contribution in [3.63, 3.8) is 0 Å². The Morgan fingerprint density at radius 2 is 1.81 bits per heavy atom. The average molecular weight is 410 g/mol. The number of carbonyl (C=O) groups excluding carboxylic acids is 1. The van der Waals surface area contributed by atoms with Crippen molar-refractivity contribution in [1.82, 2.24) is 9.88 Å². The van der Waals surface area contributed by atoms with E-state index >= 15 is 0 Å². The third-order valence-electron chi connectivity index (χ3n) is 3.94.